The maximum Gasteiger partial charge on any atom is 0.494 e. The monoisotopic (exact) mass is 1640 g/mol. The maximum atomic E-state index is 6.53. The number of rotatable bonds is 4. The van der Waals surface area contributed by atoms with Crippen LogP contribution in [0.25, 0.3) is 218 Å². The first kappa shape index (κ1) is 74.2. The van der Waals surface area contributed by atoms with E-state index in [1.807, 2.05) is 42.6 Å². The molecule has 0 saturated carbocycles. The van der Waals surface area contributed by atoms with E-state index in [-0.39, 0.29) is 10.8 Å². The number of halogens is 1. The predicted molar refractivity (Wildman–Crippen MR) is 531 cm³/mol. The van der Waals surface area contributed by atoms with Crippen molar-refractivity contribution in [1.29, 1.82) is 0 Å². The molecule has 0 radical (unpaired) electrons. The van der Waals surface area contributed by atoms with E-state index in [2.05, 4.69) is 372 Å². The molecule has 1 fully saturated rings. The van der Waals surface area contributed by atoms with Gasteiger partial charge in [-0.05, 0) is 227 Å². The van der Waals surface area contributed by atoms with Crippen LogP contribution in [-0.4, -0.2) is 47.4 Å². The Labute approximate surface area is 732 Å². The lowest BCUT2D eigenvalue weighted by molar-refractivity contribution is 0.00578. The Bertz CT molecular complexity index is 8880. The van der Waals surface area contributed by atoms with Crippen molar-refractivity contribution in [2.24, 2.45) is 0 Å². The lowest BCUT2D eigenvalue weighted by Crippen LogP contribution is -2.41. The third-order valence-corrected chi connectivity index (χ3v) is 28.7. The van der Waals surface area contributed by atoms with Gasteiger partial charge in [0.05, 0.1) is 61.0 Å². The van der Waals surface area contributed by atoms with Gasteiger partial charge in [0.25, 0.3) is 0 Å². The number of pyridine rings is 4. The van der Waals surface area contributed by atoms with E-state index in [4.69, 9.17) is 30.9 Å². The Balaban J connectivity index is 0.000000118. The number of para-hydroxylation sites is 2. The summed E-state index contributed by atoms with van der Waals surface area (Å²) < 4.78 is 18.2. The second-order valence-corrected chi connectivity index (χ2v) is 36.9. The smallest absolute Gasteiger partial charge is 0.399 e. The second-order valence-electron chi connectivity index (χ2n) is 36.6. The molecule has 598 valence electrons. The fourth-order valence-electron chi connectivity index (χ4n) is 21.8. The van der Waals surface area contributed by atoms with Crippen LogP contribution in [0.3, 0.4) is 0 Å². The summed E-state index contributed by atoms with van der Waals surface area (Å²) in [4.78, 5) is 18.6. The molecule has 27 rings (SSSR count). The van der Waals surface area contributed by atoms with Crippen LogP contribution >= 0.6 is 11.6 Å². The van der Waals surface area contributed by atoms with Crippen LogP contribution < -0.4 is 5.46 Å². The summed E-state index contributed by atoms with van der Waals surface area (Å²) in [6, 6.07) is 124. The van der Waals surface area contributed by atoms with Gasteiger partial charge in [0.15, 0.2) is 0 Å². The fourth-order valence-corrected chi connectivity index (χ4v) is 21.9. The number of aromatic nitrogens is 6. The first-order valence-electron chi connectivity index (χ1n) is 43.7. The first-order chi connectivity index (χ1) is 61.4. The Kier molecular flexibility index (Phi) is 16.1. The van der Waals surface area contributed by atoms with Gasteiger partial charge in [-0.25, -0.2) is 9.97 Å². The molecule has 1 aliphatic heterocycles. The zero-order valence-corrected chi connectivity index (χ0v) is 71.7. The average Bonchev–Trinajstić information content (AvgIpc) is 1.50. The molecule has 18 aromatic carbocycles. The van der Waals surface area contributed by atoms with E-state index in [1.54, 1.807) is 12.3 Å². The molecule has 0 atom stereocenters. The Morgan fingerprint density at radius 2 is 0.627 bits per heavy atom. The highest BCUT2D eigenvalue weighted by Gasteiger charge is 2.52. The minimum Gasteiger partial charge on any atom is -0.399 e. The standard InChI is InChI=1S/C55H35N3.C49H40BNO2.C12H7ClN2/c1-55(2)45-29-34(47-27-25-33-23-22-32-13-12-28-56-52(32)53(33)57-47)24-26-38(45)43-30-44-48(31-46(43)55)58(35-14-4-3-5-15-35)54-50(44)42-21-11-10-20-41(42)49-39-18-8-6-16-36(39)37-17-7-9-19-40(37)51(49)54;1-47(2)40-26-29(50-52-48(3,4)49(5,6)53-50)24-25-33(40)38-27-39-42(28-41(38)47)51(30-16-8-7-9-17-30)46-44(39)37-23-15-14-22-36(37)43-34-20-12-10-18-31(34)32-19-11-13-21-35(32)45(43)46;13-10-6-5-9-4-3-8-2-1-7-14-11(8)12(9)15-10/h3-31H,1-2H3;7-28H,1-6H3;1-7H. The van der Waals surface area contributed by atoms with Crippen LogP contribution in [0.4, 0.5) is 0 Å². The normalized spacial score (nSPS) is 14.7. The molecule has 24 aromatic rings. The Hall–Kier alpha value is -14.4. The lowest BCUT2D eigenvalue weighted by atomic mass is 9.74. The van der Waals surface area contributed by atoms with Gasteiger partial charge in [-0.3, -0.25) is 9.97 Å². The summed E-state index contributed by atoms with van der Waals surface area (Å²) >= 11 is 5.88. The van der Waals surface area contributed by atoms with Gasteiger partial charge in [-0.2, -0.15) is 0 Å². The number of fused-ring (bicyclic) bond motifs is 38. The van der Waals surface area contributed by atoms with Crippen molar-refractivity contribution < 1.29 is 9.31 Å². The van der Waals surface area contributed by atoms with Crippen molar-refractivity contribution in [1.82, 2.24) is 29.1 Å². The summed E-state index contributed by atoms with van der Waals surface area (Å²) in [5, 5.41) is 30.7. The highest BCUT2D eigenvalue weighted by atomic mass is 35.5. The molecule has 0 bridgehead atoms. The summed E-state index contributed by atoms with van der Waals surface area (Å²) in [5.74, 6) is 0. The van der Waals surface area contributed by atoms with Crippen molar-refractivity contribution in [3.05, 3.63) is 380 Å². The summed E-state index contributed by atoms with van der Waals surface area (Å²) in [6.07, 6.45) is 3.62. The molecule has 126 heavy (non-hydrogen) atoms. The highest BCUT2D eigenvalue weighted by Crippen LogP contribution is 2.57. The second kappa shape index (κ2) is 27.3. The zero-order chi connectivity index (χ0) is 84.5. The van der Waals surface area contributed by atoms with E-state index < -0.39 is 18.3 Å². The molecule has 10 heteroatoms. The van der Waals surface area contributed by atoms with Crippen molar-refractivity contribution in [3.63, 3.8) is 0 Å². The third-order valence-electron chi connectivity index (χ3n) is 28.5. The van der Waals surface area contributed by atoms with Crippen LogP contribution in [0, 0.1) is 0 Å². The fraction of sp³-hybridized carbons (Fsp3) is 0.103. The molecule has 0 unspecified atom stereocenters. The summed E-state index contributed by atoms with van der Waals surface area (Å²) in [5.41, 5.74) is 23.4. The van der Waals surface area contributed by atoms with Crippen LogP contribution in [-0.2, 0) is 20.1 Å². The Morgan fingerprint density at radius 3 is 1.07 bits per heavy atom. The van der Waals surface area contributed by atoms with Crippen molar-refractivity contribution >= 4 is 198 Å². The minimum atomic E-state index is -0.402. The van der Waals surface area contributed by atoms with Crippen LogP contribution in [0.2, 0.25) is 5.15 Å². The number of hydrogen-bond acceptors (Lipinski definition) is 6. The SMILES string of the molecule is CC1(C)c2cc(-c3ccc4ccc5cccnc5c4n3)ccc2-c2cc3c4c5ccccc5c5c6ccccc6c6ccccc6c5c4n(-c4ccccc4)c3cc21.CC1(C)c2cc(B3OC(C)(C)C(C)(C)O3)ccc2-c2cc3c4c5ccccc5c5c6ccccc6c6ccccc6c5c4n(-c4ccccc4)c3cc21.Clc1ccc2ccc3cccnc3c2n1. The van der Waals surface area contributed by atoms with Crippen LogP contribution in [0.5, 0.6) is 0 Å². The maximum absolute atomic E-state index is 6.53. The molecule has 1 saturated heterocycles. The Morgan fingerprint density at radius 1 is 0.278 bits per heavy atom. The molecule has 7 heterocycles. The van der Waals surface area contributed by atoms with E-state index in [9.17, 15) is 0 Å². The van der Waals surface area contributed by atoms with Gasteiger partial charge in [0.1, 0.15) is 5.15 Å². The van der Waals surface area contributed by atoms with E-state index >= 15 is 0 Å². The lowest BCUT2D eigenvalue weighted by Gasteiger charge is -2.32. The third kappa shape index (κ3) is 10.7. The van der Waals surface area contributed by atoms with Crippen molar-refractivity contribution in [2.45, 2.75) is 77.4 Å². The first-order valence-corrected chi connectivity index (χ1v) is 44.1. The van der Waals surface area contributed by atoms with Gasteiger partial charge < -0.3 is 18.4 Å². The van der Waals surface area contributed by atoms with Gasteiger partial charge in [-0.1, -0.05) is 294 Å². The summed E-state index contributed by atoms with van der Waals surface area (Å²) in [7, 11) is -0.402. The quantitative estimate of drug-likeness (QED) is 0.0992. The number of hydrogen-bond donors (Lipinski definition) is 0. The van der Waals surface area contributed by atoms with Crippen LogP contribution in [0.15, 0.2) is 352 Å². The molecule has 0 spiro atoms. The van der Waals surface area contributed by atoms with Gasteiger partial charge >= 0.3 is 7.12 Å². The predicted octanol–water partition coefficient (Wildman–Crippen LogP) is 29.9. The van der Waals surface area contributed by atoms with E-state index in [0.717, 1.165) is 71.7 Å². The molecule has 8 nitrogen and oxygen atoms in total. The molecular formula is C116H82BClN6O2. The molecule has 0 N–H and O–H groups in total. The largest absolute Gasteiger partial charge is 0.494 e. The molecular weight excluding hydrogens is 1560 g/mol. The molecule has 2 aliphatic carbocycles. The van der Waals surface area contributed by atoms with Gasteiger partial charge in [0, 0.05) is 105 Å². The highest BCUT2D eigenvalue weighted by molar-refractivity contribution is 6.62. The van der Waals surface area contributed by atoms with Gasteiger partial charge in [-0.15, -0.1) is 0 Å². The average molecular weight is 1640 g/mol. The number of benzene rings is 18. The van der Waals surface area contributed by atoms with Crippen LogP contribution in [0.1, 0.15) is 77.6 Å². The zero-order valence-electron chi connectivity index (χ0n) is 70.9. The van der Waals surface area contributed by atoms with Gasteiger partial charge in [0.2, 0.25) is 0 Å². The van der Waals surface area contributed by atoms with E-state index in [0.29, 0.717) is 5.15 Å². The summed E-state index contributed by atoms with van der Waals surface area (Å²) in [6.45, 7) is 18.0. The van der Waals surface area contributed by atoms with E-state index in [1.165, 1.54) is 174 Å². The van der Waals surface area contributed by atoms with Crippen molar-refractivity contribution in [3.8, 4) is 44.9 Å². The molecule has 0 amide bonds. The number of nitrogens with zero attached hydrogens (tertiary/aromatic N) is 6. The molecule has 6 aromatic heterocycles. The minimum absolute atomic E-state index is 0.233. The molecule has 3 aliphatic rings. The van der Waals surface area contributed by atoms with Crippen molar-refractivity contribution in [2.75, 3.05) is 0 Å². The topological polar surface area (TPSA) is 79.9 Å².